The van der Waals surface area contributed by atoms with Crippen molar-refractivity contribution in [1.82, 2.24) is 31.5 Å². The summed E-state index contributed by atoms with van der Waals surface area (Å²) in [6.07, 6.45) is 7.25. The van der Waals surface area contributed by atoms with E-state index in [9.17, 15) is 33.6 Å². The number of alkyl halides is 1. The van der Waals surface area contributed by atoms with Gasteiger partial charge in [-0.2, -0.15) is 0 Å². The van der Waals surface area contributed by atoms with Gasteiger partial charge in [0.2, 0.25) is 29.5 Å². The summed E-state index contributed by atoms with van der Waals surface area (Å²) in [5.41, 5.74) is 0.131. The van der Waals surface area contributed by atoms with Gasteiger partial charge in [-0.1, -0.05) is 111 Å². The average molecular weight is 1010 g/mol. The molecule has 65 heavy (non-hydrogen) atoms. The molecule has 1 heterocycles. The largest absolute Gasteiger partial charge is 0.450 e. The van der Waals surface area contributed by atoms with Gasteiger partial charge in [0.05, 0.1) is 25.8 Å². The van der Waals surface area contributed by atoms with E-state index in [0.717, 1.165) is 11.1 Å². The van der Waals surface area contributed by atoms with Gasteiger partial charge in [0.25, 0.3) is 0 Å². The van der Waals surface area contributed by atoms with Crippen molar-refractivity contribution in [3.8, 4) is 12.3 Å². The monoisotopic (exact) mass is 1010 g/mol. The number of amides is 5. The van der Waals surface area contributed by atoms with Crippen LogP contribution in [0.3, 0.4) is 0 Å². The number of morpholine rings is 1. The summed E-state index contributed by atoms with van der Waals surface area (Å²) >= 11 is 1.98. The lowest BCUT2D eigenvalue weighted by molar-refractivity contribution is -0.164. The molecule has 2 aromatic rings. The minimum Gasteiger partial charge on any atom is -0.450 e. The van der Waals surface area contributed by atoms with Gasteiger partial charge in [0.1, 0.15) is 18.1 Å². The Balaban J connectivity index is 1.82. The number of ether oxygens (including phenoxy) is 2. The third kappa shape index (κ3) is 20.5. The van der Waals surface area contributed by atoms with Gasteiger partial charge in [0, 0.05) is 49.7 Å². The molecule has 15 nitrogen and oxygen atoms in total. The highest BCUT2D eigenvalue weighted by Crippen LogP contribution is 2.22. The number of terminal acetylenes is 1. The Bertz CT molecular complexity index is 1890. The first-order chi connectivity index (χ1) is 31.0. The van der Waals surface area contributed by atoms with E-state index in [-0.39, 0.29) is 86.1 Å². The van der Waals surface area contributed by atoms with Crippen molar-refractivity contribution in [2.45, 2.75) is 122 Å². The molecule has 0 aliphatic carbocycles. The molecule has 1 fully saturated rings. The van der Waals surface area contributed by atoms with E-state index in [0.29, 0.717) is 39.1 Å². The Hall–Kier alpha value is -4.86. The molecule has 0 spiro atoms. The fraction of sp³-hybridized carbons (Fsp3) is 0.571. The number of hydrogen-bond donors (Lipinski definition) is 5. The highest BCUT2D eigenvalue weighted by molar-refractivity contribution is 14.1. The van der Waals surface area contributed by atoms with E-state index in [1.54, 1.807) is 0 Å². The van der Waals surface area contributed by atoms with Gasteiger partial charge in [-0.05, 0) is 62.0 Å². The minimum atomic E-state index is -1.60. The molecule has 1 saturated heterocycles. The van der Waals surface area contributed by atoms with E-state index < -0.39 is 59.2 Å². The van der Waals surface area contributed by atoms with Gasteiger partial charge < -0.3 is 36.1 Å². The van der Waals surface area contributed by atoms with Crippen molar-refractivity contribution >= 4 is 63.9 Å². The summed E-state index contributed by atoms with van der Waals surface area (Å²) < 4.78 is 11.3. The summed E-state index contributed by atoms with van der Waals surface area (Å²) in [5, 5.41) is 14.3. The van der Waals surface area contributed by atoms with Crippen LogP contribution in [0.1, 0.15) is 90.7 Å². The standard InChI is InChI=1S/C49H69IN6O9/c1-7-8-20-42(57)51-24-15-21-44(59)65-49(6,33-50)45(60)39(29-34(2)3)53-48(63)41(31-37-18-13-10-14-19-37)55-47(62)40(30-35(4)5)54-46(61)38(23-22-36-16-11-9-12-17-36)52-43(58)32-56-25-27-64-28-26-56/h1,9-14,16-19,34-35,38-41H,8,15,20-33H2,2-6H3,(H,51,57)(H,52,58)(H,53,63)(H,54,61)(H,55,62)/t38-,39?,40-,41-,49+/m0/s1. The highest BCUT2D eigenvalue weighted by atomic mass is 127. The van der Waals surface area contributed by atoms with Crippen molar-refractivity contribution < 1.29 is 43.0 Å². The van der Waals surface area contributed by atoms with Crippen LogP contribution < -0.4 is 26.6 Å². The fourth-order valence-corrected chi connectivity index (χ4v) is 7.79. The van der Waals surface area contributed by atoms with Crippen LogP contribution in [0, 0.1) is 24.2 Å². The summed E-state index contributed by atoms with van der Waals surface area (Å²) in [5.74, 6) is -1.13. The molecule has 5 N–H and O–H groups in total. The van der Waals surface area contributed by atoms with Crippen LogP contribution in [0.15, 0.2) is 60.7 Å². The number of nitrogens with one attached hydrogen (secondary N) is 5. The Morgan fingerprint density at radius 2 is 1.31 bits per heavy atom. The summed E-state index contributed by atoms with van der Waals surface area (Å²) in [6.45, 7) is 11.7. The van der Waals surface area contributed by atoms with Crippen LogP contribution >= 0.6 is 22.6 Å². The molecule has 1 unspecified atom stereocenters. The van der Waals surface area contributed by atoms with Gasteiger partial charge in [0.15, 0.2) is 11.4 Å². The molecule has 0 bridgehead atoms. The number of esters is 1. The van der Waals surface area contributed by atoms with Crippen molar-refractivity contribution in [1.29, 1.82) is 0 Å². The predicted molar refractivity (Wildman–Crippen MR) is 258 cm³/mol. The SMILES string of the molecule is C#CCCC(=O)NCCCC(=O)O[C@](C)(CI)C(=O)C(CC(C)C)NC(=O)[C@H](Cc1ccccc1)NC(=O)[C@H](CC(C)C)NC(=O)[C@H](CCc1ccccc1)NC(=O)CN1CCOCC1. The fourth-order valence-electron chi connectivity index (χ4n) is 7.26. The van der Waals surface area contributed by atoms with Crippen molar-refractivity contribution in [2.75, 3.05) is 43.8 Å². The number of benzene rings is 2. The van der Waals surface area contributed by atoms with Crippen LogP contribution in [-0.4, -0.2) is 120 Å². The first-order valence-corrected chi connectivity index (χ1v) is 24.2. The zero-order valence-electron chi connectivity index (χ0n) is 38.6. The number of rotatable bonds is 28. The summed E-state index contributed by atoms with van der Waals surface area (Å²) in [6, 6.07) is 14.4. The first kappa shape index (κ1) is 54.5. The van der Waals surface area contributed by atoms with Crippen molar-refractivity contribution in [3.63, 3.8) is 0 Å². The maximum atomic E-state index is 14.4. The molecule has 0 aromatic heterocycles. The van der Waals surface area contributed by atoms with Gasteiger partial charge in [-0.15, -0.1) is 12.3 Å². The van der Waals surface area contributed by atoms with E-state index in [2.05, 4.69) is 32.5 Å². The second kappa shape index (κ2) is 28.9. The topological polar surface area (TPSA) is 201 Å². The van der Waals surface area contributed by atoms with E-state index in [1.165, 1.54) is 6.92 Å². The Labute approximate surface area is 398 Å². The molecule has 5 amide bonds. The molecular formula is C49H69IN6O9. The molecule has 356 valence electrons. The minimum absolute atomic E-state index is 0.0505. The van der Waals surface area contributed by atoms with Crippen LogP contribution in [0.2, 0.25) is 0 Å². The maximum absolute atomic E-state index is 14.4. The van der Waals surface area contributed by atoms with Crippen molar-refractivity contribution in [3.05, 3.63) is 71.8 Å². The Morgan fingerprint density at radius 3 is 1.91 bits per heavy atom. The normalized spacial score (nSPS) is 15.6. The first-order valence-electron chi connectivity index (χ1n) is 22.6. The number of halogens is 1. The second-order valence-electron chi connectivity index (χ2n) is 17.5. The molecular weight excluding hydrogens is 943 g/mol. The number of ketones is 1. The van der Waals surface area contributed by atoms with Crippen molar-refractivity contribution in [2.24, 2.45) is 11.8 Å². The molecule has 2 aromatic carbocycles. The number of nitrogens with zero attached hydrogens (tertiary/aromatic N) is 1. The molecule has 1 aliphatic rings. The molecule has 5 atom stereocenters. The maximum Gasteiger partial charge on any atom is 0.306 e. The van der Waals surface area contributed by atoms with E-state index >= 15 is 0 Å². The van der Waals surface area contributed by atoms with Crippen LogP contribution in [0.5, 0.6) is 0 Å². The molecule has 16 heteroatoms. The Morgan fingerprint density at radius 1 is 0.754 bits per heavy atom. The highest BCUT2D eigenvalue weighted by Gasteiger charge is 2.42. The third-order valence-electron chi connectivity index (χ3n) is 10.8. The number of carbonyl (C=O) groups excluding carboxylic acids is 7. The average Bonchev–Trinajstić information content (AvgIpc) is 3.28. The van der Waals surface area contributed by atoms with E-state index in [1.807, 2.05) is 116 Å². The predicted octanol–water partition coefficient (Wildman–Crippen LogP) is 3.84. The molecule has 1 aliphatic heterocycles. The molecule has 3 rings (SSSR count). The third-order valence-corrected chi connectivity index (χ3v) is 12.2. The number of Topliss-reactive ketones (excluding diaryl/α,β-unsaturated/α-hetero) is 1. The molecule has 0 radical (unpaired) electrons. The zero-order valence-corrected chi connectivity index (χ0v) is 40.8. The van der Waals surface area contributed by atoms with Gasteiger partial charge in [-0.3, -0.25) is 38.5 Å². The Kier molecular flexibility index (Phi) is 24.2. The van der Waals surface area contributed by atoms with Gasteiger partial charge >= 0.3 is 5.97 Å². The lowest BCUT2D eigenvalue weighted by Gasteiger charge is -2.32. The summed E-state index contributed by atoms with van der Waals surface area (Å²) in [4.78, 5) is 97.4. The van der Waals surface area contributed by atoms with Crippen LogP contribution in [0.4, 0.5) is 0 Å². The summed E-state index contributed by atoms with van der Waals surface area (Å²) in [7, 11) is 0. The van der Waals surface area contributed by atoms with Gasteiger partial charge in [-0.25, -0.2) is 0 Å². The lowest BCUT2D eigenvalue weighted by atomic mass is 9.90. The molecule has 0 saturated carbocycles. The number of aryl methyl sites for hydroxylation is 1. The lowest BCUT2D eigenvalue weighted by Crippen LogP contribution is -2.60. The zero-order chi connectivity index (χ0) is 47.8. The second-order valence-corrected chi connectivity index (χ2v) is 18.3. The number of hydrogen-bond acceptors (Lipinski definition) is 10. The number of carbonyl (C=O) groups is 7. The van der Waals surface area contributed by atoms with Crippen LogP contribution in [-0.2, 0) is 55.9 Å². The smallest absolute Gasteiger partial charge is 0.306 e. The quantitative estimate of drug-likeness (QED) is 0.0274. The van der Waals surface area contributed by atoms with E-state index in [4.69, 9.17) is 15.9 Å². The van der Waals surface area contributed by atoms with Crippen LogP contribution in [0.25, 0.3) is 0 Å².